The maximum absolute atomic E-state index is 11.9. The monoisotopic (exact) mass is 286 g/mol. The van der Waals surface area contributed by atoms with Gasteiger partial charge in [-0.1, -0.05) is 12.8 Å². The van der Waals surface area contributed by atoms with Crippen LogP contribution in [0.4, 0.5) is 0 Å². The minimum atomic E-state index is -3.62. The number of hydrogen-bond donors (Lipinski definition) is 2. The van der Waals surface area contributed by atoms with E-state index in [4.69, 9.17) is 5.26 Å². The van der Waals surface area contributed by atoms with E-state index in [0.29, 0.717) is 17.7 Å². The van der Waals surface area contributed by atoms with Gasteiger partial charge in [-0.2, -0.15) is 5.26 Å². The number of rotatable bonds is 4. The van der Waals surface area contributed by atoms with Crippen molar-refractivity contribution in [2.45, 2.75) is 35.5 Å². The molecule has 0 saturated heterocycles. The molecule has 1 aliphatic carbocycles. The zero-order chi connectivity index (χ0) is 13.2. The van der Waals surface area contributed by atoms with E-state index >= 15 is 0 Å². The molecule has 0 spiro atoms. The molecule has 0 unspecified atom stereocenters. The fourth-order valence-electron chi connectivity index (χ4n) is 2.04. The van der Waals surface area contributed by atoms with Crippen LogP contribution in [-0.4, -0.2) is 25.7 Å². The molecule has 0 amide bonds. The van der Waals surface area contributed by atoms with E-state index in [1.807, 2.05) is 6.07 Å². The van der Waals surface area contributed by atoms with Crippen LogP contribution in [0.2, 0.25) is 0 Å². The van der Waals surface area contributed by atoms with Crippen molar-refractivity contribution in [1.29, 1.82) is 5.26 Å². The van der Waals surface area contributed by atoms with Gasteiger partial charge in [0.2, 0.25) is 10.0 Å². The Bertz CT molecular complexity index is 565. The van der Waals surface area contributed by atoms with E-state index in [-0.39, 0.29) is 10.8 Å². The van der Waals surface area contributed by atoms with Crippen LogP contribution in [0, 0.1) is 11.3 Å². The van der Waals surface area contributed by atoms with Crippen molar-refractivity contribution in [1.82, 2.24) is 4.72 Å². The number of sulfonamides is 1. The molecule has 1 fully saturated rings. The summed E-state index contributed by atoms with van der Waals surface area (Å²) in [6.07, 6.45) is 3.11. The normalized spacial score (nSPS) is 18.7. The highest BCUT2D eigenvalue weighted by Crippen LogP contribution is 2.29. The van der Waals surface area contributed by atoms with E-state index in [0.717, 1.165) is 24.2 Å². The van der Waals surface area contributed by atoms with Crippen molar-refractivity contribution in [3.05, 3.63) is 17.0 Å². The Morgan fingerprint density at radius 2 is 2.11 bits per heavy atom. The second kappa shape index (κ2) is 4.97. The standard InChI is InChI=1S/C11H14N2O3S2/c12-7-9-3-4-10(17-9)18(15,16)13-8-11(14)5-1-2-6-11/h3-4,13-14H,1-2,5-6,8H2. The van der Waals surface area contributed by atoms with E-state index < -0.39 is 15.6 Å². The molecule has 1 aliphatic rings. The molecule has 0 radical (unpaired) electrons. The molecular formula is C11H14N2O3S2. The van der Waals surface area contributed by atoms with Crippen LogP contribution in [0.25, 0.3) is 0 Å². The number of nitrogens with one attached hydrogen (secondary N) is 1. The summed E-state index contributed by atoms with van der Waals surface area (Å²) in [4.78, 5) is 0.356. The third kappa shape index (κ3) is 2.90. The summed E-state index contributed by atoms with van der Waals surface area (Å²) in [6.45, 7) is 0.0368. The number of hydrogen-bond acceptors (Lipinski definition) is 5. The molecule has 5 nitrogen and oxygen atoms in total. The fourth-order valence-corrected chi connectivity index (χ4v) is 4.30. The zero-order valence-corrected chi connectivity index (χ0v) is 11.4. The lowest BCUT2D eigenvalue weighted by atomic mass is 10.0. The molecule has 1 aromatic heterocycles. The number of aliphatic hydroxyl groups is 1. The summed E-state index contributed by atoms with van der Waals surface area (Å²) in [5, 5.41) is 18.7. The summed E-state index contributed by atoms with van der Waals surface area (Å²) in [5.41, 5.74) is -0.914. The van der Waals surface area contributed by atoms with Gasteiger partial charge in [-0.05, 0) is 25.0 Å². The quantitative estimate of drug-likeness (QED) is 0.870. The SMILES string of the molecule is N#Cc1ccc(S(=O)(=O)NCC2(O)CCCC2)s1. The van der Waals surface area contributed by atoms with Crippen molar-refractivity contribution in [2.75, 3.05) is 6.54 Å². The van der Waals surface area contributed by atoms with E-state index in [2.05, 4.69) is 4.72 Å². The van der Waals surface area contributed by atoms with Gasteiger partial charge < -0.3 is 5.11 Å². The highest BCUT2D eigenvalue weighted by atomic mass is 32.2. The highest BCUT2D eigenvalue weighted by molar-refractivity contribution is 7.91. The summed E-state index contributed by atoms with van der Waals surface area (Å²) in [6, 6.07) is 4.78. The lowest BCUT2D eigenvalue weighted by Gasteiger charge is -2.21. The first kappa shape index (κ1) is 13.5. The van der Waals surface area contributed by atoms with Gasteiger partial charge in [-0.3, -0.25) is 0 Å². The maximum Gasteiger partial charge on any atom is 0.250 e. The van der Waals surface area contributed by atoms with Crippen LogP contribution in [0.1, 0.15) is 30.6 Å². The predicted octanol–water partition coefficient (Wildman–Crippen LogP) is 1.20. The van der Waals surface area contributed by atoms with Gasteiger partial charge in [0.25, 0.3) is 0 Å². The molecule has 1 aromatic rings. The first-order valence-corrected chi connectivity index (χ1v) is 7.97. The third-order valence-electron chi connectivity index (χ3n) is 3.08. The van der Waals surface area contributed by atoms with Gasteiger partial charge in [0, 0.05) is 6.54 Å². The number of nitrogens with zero attached hydrogens (tertiary/aromatic N) is 1. The Kier molecular flexibility index (Phi) is 3.73. The topological polar surface area (TPSA) is 90.2 Å². The third-order valence-corrected chi connectivity index (χ3v) is 5.96. The second-order valence-electron chi connectivity index (χ2n) is 4.49. The minimum absolute atomic E-state index is 0.0368. The average Bonchev–Trinajstić information content (AvgIpc) is 2.96. The molecule has 7 heteroatoms. The van der Waals surface area contributed by atoms with E-state index in [9.17, 15) is 13.5 Å². The predicted molar refractivity (Wildman–Crippen MR) is 67.6 cm³/mol. The first-order chi connectivity index (χ1) is 8.45. The smallest absolute Gasteiger partial charge is 0.250 e. The molecule has 18 heavy (non-hydrogen) atoms. The summed E-state index contributed by atoms with van der Waals surface area (Å²) in [7, 11) is -3.62. The Hall–Kier alpha value is -0.940. The van der Waals surface area contributed by atoms with Crippen molar-refractivity contribution in [3.8, 4) is 6.07 Å². The lowest BCUT2D eigenvalue weighted by molar-refractivity contribution is 0.0532. The fraction of sp³-hybridized carbons (Fsp3) is 0.545. The largest absolute Gasteiger partial charge is 0.389 e. The Labute approximate surface area is 110 Å². The van der Waals surface area contributed by atoms with Crippen molar-refractivity contribution >= 4 is 21.4 Å². The van der Waals surface area contributed by atoms with Crippen molar-refractivity contribution in [3.63, 3.8) is 0 Å². The van der Waals surface area contributed by atoms with Gasteiger partial charge >= 0.3 is 0 Å². The van der Waals surface area contributed by atoms with Crippen LogP contribution < -0.4 is 4.72 Å². The Morgan fingerprint density at radius 1 is 1.44 bits per heavy atom. The molecule has 98 valence electrons. The minimum Gasteiger partial charge on any atom is -0.389 e. The summed E-state index contributed by atoms with van der Waals surface area (Å²) >= 11 is 0.928. The van der Waals surface area contributed by atoms with Crippen LogP contribution in [0.15, 0.2) is 16.3 Å². The molecule has 0 bridgehead atoms. The lowest BCUT2D eigenvalue weighted by Crippen LogP contribution is -2.40. The van der Waals surface area contributed by atoms with Gasteiger partial charge in [-0.15, -0.1) is 11.3 Å². The van der Waals surface area contributed by atoms with Crippen LogP contribution >= 0.6 is 11.3 Å². The van der Waals surface area contributed by atoms with Crippen molar-refractivity contribution in [2.24, 2.45) is 0 Å². The van der Waals surface area contributed by atoms with Crippen molar-refractivity contribution < 1.29 is 13.5 Å². The zero-order valence-electron chi connectivity index (χ0n) is 9.72. The molecule has 0 atom stereocenters. The van der Waals surface area contributed by atoms with Crippen LogP contribution in [-0.2, 0) is 10.0 Å². The van der Waals surface area contributed by atoms with Gasteiger partial charge in [0.1, 0.15) is 15.2 Å². The molecule has 0 aliphatic heterocycles. The average molecular weight is 286 g/mol. The molecule has 2 rings (SSSR count). The van der Waals surface area contributed by atoms with Crippen LogP contribution in [0.3, 0.4) is 0 Å². The van der Waals surface area contributed by atoms with Crippen LogP contribution in [0.5, 0.6) is 0 Å². The van der Waals surface area contributed by atoms with Gasteiger partial charge in [-0.25, -0.2) is 13.1 Å². The molecule has 0 aromatic carbocycles. The molecule has 2 N–H and O–H groups in total. The van der Waals surface area contributed by atoms with E-state index in [1.165, 1.54) is 12.1 Å². The molecular weight excluding hydrogens is 272 g/mol. The van der Waals surface area contributed by atoms with E-state index in [1.54, 1.807) is 0 Å². The second-order valence-corrected chi connectivity index (χ2v) is 7.56. The highest BCUT2D eigenvalue weighted by Gasteiger charge is 2.32. The first-order valence-electron chi connectivity index (χ1n) is 5.67. The molecule has 1 heterocycles. The summed E-state index contributed by atoms with van der Waals surface area (Å²) in [5.74, 6) is 0. The van der Waals surface area contributed by atoms with Gasteiger partial charge in [0.05, 0.1) is 5.60 Å². The maximum atomic E-state index is 11.9. The molecule has 1 saturated carbocycles. The van der Waals surface area contributed by atoms with Gasteiger partial charge in [0.15, 0.2) is 0 Å². The Morgan fingerprint density at radius 3 is 2.67 bits per heavy atom. The summed E-state index contributed by atoms with van der Waals surface area (Å²) < 4.78 is 26.4. The number of thiophene rings is 1. The number of nitriles is 1. The Balaban J connectivity index is 2.06.